The molecular formula is C16H23N4+. The van der Waals surface area contributed by atoms with Crippen molar-refractivity contribution in [2.45, 2.75) is 39.2 Å². The first-order valence-electron chi connectivity index (χ1n) is 7.33. The summed E-state index contributed by atoms with van der Waals surface area (Å²) in [4.78, 5) is 4.39. The van der Waals surface area contributed by atoms with Crippen molar-refractivity contribution in [3.63, 3.8) is 0 Å². The van der Waals surface area contributed by atoms with Crippen LogP contribution in [0.2, 0.25) is 0 Å². The number of aryl methyl sites for hydroxylation is 2. The van der Waals surface area contributed by atoms with Gasteiger partial charge in [-0.1, -0.05) is 44.4 Å². The van der Waals surface area contributed by atoms with Gasteiger partial charge in [-0.05, 0) is 23.7 Å². The number of hydrogen-bond donors (Lipinski definition) is 0. The number of rotatable bonds is 6. The standard InChI is InChI=1S/C16H23N4/c1-3-4-5-9-12-20-14-13-19(2)16(20)18-17-15-10-7-6-8-11-15/h6-8,10-11,13-14H,3-5,9,12H2,1-2H3/q+1. The number of imidazole rings is 1. The maximum Gasteiger partial charge on any atom is 0.478 e. The molecule has 0 N–H and O–H groups in total. The summed E-state index contributed by atoms with van der Waals surface area (Å²) in [6.07, 6.45) is 9.13. The highest BCUT2D eigenvalue weighted by Crippen LogP contribution is 2.07. The lowest BCUT2D eigenvalue weighted by atomic mass is 10.2. The summed E-state index contributed by atoms with van der Waals surface area (Å²) in [7, 11) is 2.00. The minimum atomic E-state index is 0.881. The largest absolute Gasteiger partial charge is 0.478 e. The third kappa shape index (κ3) is 3.97. The molecule has 0 amide bonds. The molecule has 0 bridgehead atoms. The fourth-order valence-corrected chi connectivity index (χ4v) is 2.12. The van der Waals surface area contributed by atoms with Gasteiger partial charge in [0.05, 0.1) is 26.0 Å². The van der Waals surface area contributed by atoms with Crippen LogP contribution in [0.1, 0.15) is 32.6 Å². The Kier molecular flexibility index (Phi) is 5.39. The van der Waals surface area contributed by atoms with Crippen LogP contribution < -0.4 is 5.62 Å². The lowest BCUT2D eigenvalue weighted by molar-refractivity contribution is -0.152. The quantitative estimate of drug-likeness (QED) is 0.439. The summed E-state index contributed by atoms with van der Waals surface area (Å²) < 4.78 is 4.17. The Morgan fingerprint density at radius 3 is 2.60 bits per heavy atom. The van der Waals surface area contributed by atoms with Gasteiger partial charge in [0.2, 0.25) is 0 Å². The molecule has 2 rings (SSSR count). The van der Waals surface area contributed by atoms with Gasteiger partial charge in [-0.3, -0.25) is 0 Å². The highest BCUT2D eigenvalue weighted by atomic mass is 15.2. The van der Waals surface area contributed by atoms with Crippen molar-refractivity contribution >= 4 is 5.69 Å². The van der Waals surface area contributed by atoms with E-state index in [4.69, 9.17) is 0 Å². The average molecular weight is 271 g/mol. The number of nitrogens with zero attached hydrogens (tertiary/aromatic N) is 4. The zero-order valence-corrected chi connectivity index (χ0v) is 12.4. The first kappa shape index (κ1) is 14.4. The van der Waals surface area contributed by atoms with Crippen molar-refractivity contribution < 1.29 is 4.79 Å². The Morgan fingerprint density at radius 2 is 1.85 bits per heavy atom. The van der Waals surface area contributed by atoms with E-state index in [1.807, 2.05) is 48.1 Å². The van der Waals surface area contributed by atoms with Crippen LogP contribution in [-0.4, -0.2) is 13.9 Å². The Bertz CT molecular complexity index is 615. The molecular weight excluding hydrogens is 248 g/mol. The van der Waals surface area contributed by atoms with E-state index in [1.165, 1.54) is 25.7 Å². The summed E-state index contributed by atoms with van der Waals surface area (Å²) in [5, 5.41) is 4.30. The molecule has 0 aliphatic rings. The molecule has 0 unspecified atom stereocenters. The highest BCUT2D eigenvalue weighted by Gasteiger charge is 2.07. The van der Waals surface area contributed by atoms with Crippen LogP contribution in [0.15, 0.2) is 47.8 Å². The van der Waals surface area contributed by atoms with Crippen LogP contribution >= 0.6 is 0 Å². The van der Waals surface area contributed by atoms with Gasteiger partial charge in [-0.2, -0.15) is 0 Å². The fourth-order valence-electron chi connectivity index (χ4n) is 2.12. The maximum absolute atomic E-state index is 4.39. The molecule has 2 aromatic rings. The lowest BCUT2D eigenvalue weighted by Crippen LogP contribution is -2.25. The third-order valence-corrected chi connectivity index (χ3v) is 3.31. The van der Waals surface area contributed by atoms with Gasteiger partial charge in [0.1, 0.15) is 5.69 Å². The Labute approximate surface area is 120 Å². The molecule has 20 heavy (non-hydrogen) atoms. The third-order valence-electron chi connectivity index (χ3n) is 3.31. The average Bonchev–Trinajstić information content (AvgIpc) is 2.83. The van der Waals surface area contributed by atoms with Crippen molar-refractivity contribution in [2.75, 3.05) is 0 Å². The molecule has 1 aromatic carbocycles. The van der Waals surface area contributed by atoms with E-state index in [9.17, 15) is 0 Å². The minimum Gasteiger partial charge on any atom is -0.222 e. The molecule has 0 aliphatic heterocycles. The normalized spacial score (nSPS) is 10.3. The predicted octanol–water partition coefficient (Wildman–Crippen LogP) is 3.30. The molecule has 1 heterocycles. The van der Waals surface area contributed by atoms with Gasteiger partial charge in [-0.15, -0.1) is 4.79 Å². The Morgan fingerprint density at radius 1 is 1.05 bits per heavy atom. The number of benzene rings is 1. The van der Waals surface area contributed by atoms with E-state index in [0.717, 1.165) is 17.9 Å². The predicted molar refractivity (Wildman–Crippen MR) is 79.5 cm³/mol. The van der Waals surface area contributed by atoms with Crippen molar-refractivity contribution in [1.29, 1.82) is 0 Å². The molecule has 0 saturated carbocycles. The van der Waals surface area contributed by atoms with E-state index in [0.29, 0.717) is 0 Å². The molecule has 0 spiro atoms. The summed E-state index contributed by atoms with van der Waals surface area (Å²) in [5.74, 6) is 0. The zero-order chi connectivity index (χ0) is 14.2. The summed E-state index contributed by atoms with van der Waals surface area (Å²) in [6.45, 7) is 3.24. The smallest absolute Gasteiger partial charge is 0.222 e. The van der Waals surface area contributed by atoms with Crippen LogP contribution in [0.25, 0.3) is 0 Å². The van der Waals surface area contributed by atoms with Crippen LogP contribution in [-0.2, 0) is 13.6 Å². The van der Waals surface area contributed by atoms with Crippen molar-refractivity contribution in [3.8, 4) is 0 Å². The molecule has 106 valence electrons. The first-order valence-corrected chi connectivity index (χ1v) is 7.33. The lowest BCUT2D eigenvalue weighted by Gasteiger charge is -1.96. The van der Waals surface area contributed by atoms with Crippen LogP contribution in [0, 0.1) is 0 Å². The molecule has 1 aromatic heterocycles. The summed E-state index contributed by atoms with van der Waals surface area (Å²) in [5.41, 5.74) is 1.77. The molecule has 0 radical (unpaired) electrons. The van der Waals surface area contributed by atoms with Gasteiger partial charge in [0.15, 0.2) is 0 Å². The van der Waals surface area contributed by atoms with Gasteiger partial charge in [0.25, 0.3) is 0 Å². The first-order chi connectivity index (χ1) is 9.81. The second-order valence-electron chi connectivity index (χ2n) is 5.00. The van der Waals surface area contributed by atoms with Gasteiger partial charge in [0, 0.05) is 0 Å². The van der Waals surface area contributed by atoms with Crippen molar-refractivity contribution in [3.05, 3.63) is 48.3 Å². The van der Waals surface area contributed by atoms with Gasteiger partial charge in [-0.25, -0.2) is 9.13 Å². The van der Waals surface area contributed by atoms with Crippen LogP contribution in [0.5, 0.6) is 0 Å². The number of unbranched alkanes of at least 4 members (excludes halogenated alkanes) is 3. The topological polar surface area (TPSA) is 36.3 Å². The highest BCUT2D eigenvalue weighted by molar-refractivity contribution is 5.33. The van der Waals surface area contributed by atoms with Gasteiger partial charge < -0.3 is 0 Å². The minimum absolute atomic E-state index is 0.881. The fraction of sp³-hybridized carbons (Fsp3) is 0.438. The molecule has 0 fully saturated rings. The maximum atomic E-state index is 4.39. The molecule has 4 heteroatoms. The van der Waals surface area contributed by atoms with E-state index in [-0.39, 0.29) is 0 Å². The van der Waals surface area contributed by atoms with E-state index in [2.05, 4.69) is 27.6 Å². The van der Waals surface area contributed by atoms with E-state index >= 15 is 0 Å². The van der Waals surface area contributed by atoms with Crippen molar-refractivity contribution in [1.82, 2.24) is 9.13 Å². The molecule has 0 atom stereocenters. The van der Waals surface area contributed by atoms with E-state index in [1.54, 1.807) is 0 Å². The van der Waals surface area contributed by atoms with Crippen LogP contribution in [0.4, 0.5) is 5.69 Å². The number of hydrogen-bond acceptors (Lipinski definition) is 1. The SMILES string of the molecule is CCCCCCn1ccn(C)c1=[N+]=Nc1ccccc1. The second-order valence-corrected chi connectivity index (χ2v) is 5.00. The summed E-state index contributed by atoms with van der Waals surface area (Å²) >= 11 is 0. The van der Waals surface area contributed by atoms with Crippen LogP contribution in [0.3, 0.4) is 0 Å². The zero-order valence-electron chi connectivity index (χ0n) is 12.4. The van der Waals surface area contributed by atoms with E-state index < -0.39 is 0 Å². The monoisotopic (exact) mass is 271 g/mol. The second kappa shape index (κ2) is 7.51. The number of aromatic nitrogens is 2. The molecule has 0 aliphatic carbocycles. The molecule has 0 saturated heterocycles. The Hall–Kier alpha value is -2.06. The Balaban J connectivity index is 2.18. The van der Waals surface area contributed by atoms with Crippen molar-refractivity contribution in [2.24, 2.45) is 12.2 Å². The molecule has 4 nitrogen and oxygen atoms in total. The summed E-state index contributed by atoms with van der Waals surface area (Å²) in [6, 6.07) is 9.84. The van der Waals surface area contributed by atoms with Gasteiger partial charge >= 0.3 is 5.62 Å².